The second-order valence-electron chi connectivity index (χ2n) is 9.94. The topological polar surface area (TPSA) is 214 Å². The molecule has 12 heteroatoms. The molecule has 0 aliphatic carbocycles. The minimum atomic E-state index is -1.29. The molecular formula is C26H41N5O7. The van der Waals surface area contributed by atoms with Crippen LogP contribution >= 0.6 is 0 Å². The zero-order valence-electron chi connectivity index (χ0n) is 22.4. The first-order chi connectivity index (χ1) is 17.7. The Labute approximate surface area is 222 Å². The van der Waals surface area contributed by atoms with Crippen LogP contribution in [-0.2, 0) is 30.4 Å². The number of hydrogen-bond acceptors (Lipinski definition) is 7. The summed E-state index contributed by atoms with van der Waals surface area (Å²) in [6.07, 6.45) is 0.395. The number of phenols is 1. The van der Waals surface area contributed by atoms with Crippen LogP contribution in [0.4, 0.5) is 0 Å². The first-order valence-electron chi connectivity index (χ1n) is 12.7. The van der Waals surface area contributed by atoms with E-state index in [1.54, 1.807) is 32.9 Å². The van der Waals surface area contributed by atoms with Gasteiger partial charge >= 0.3 is 5.97 Å². The van der Waals surface area contributed by atoms with E-state index in [-0.39, 0.29) is 43.3 Å². The molecule has 0 heterocycles. The first-order valence-corrected chi connectivity index (χ1v) is 12.7. The number of carboxylic acids is 1. The molecule has 0 spiro atoms. The Bertz CT molecular complexity index is 967. The van der Waals surface area contributed by atoms with E-state index in [4.69, 9.17) is 11.5 Å². The van der Waals surface area contributed by atoms with E-state index in [2.05, 4.69) is 16.0 Å². The lowest BCUT2D eigenvalue weighted by Crippen LogP contribution is -2.58. The number of nitrogens with two attached hydrogens (primary N) is 2. The zero-order valence-corrected chi connectivity index (χ0v) is 22.4. The maximum absolute atomic E-state index is 13.3. The van der Waals surface area contributed by atoms with Gasteiger partial charge in [-0.1, -0.05) is 46.2 Å². The molecule has 212 valence electrons. The van der Waals surface area contributed by atoms with Crippen molar-refractivity contribution in [1.82, 2.24) is 16.0 Å². The van der Waals surface area contributed by atoms with Crippen molar-refractivity contribution in [1.29, 1.82) is 0 Å². The maximum atomic E-state index is 13.3. The van der Waals surface area contributed by atoms with Crippen LogP contribution in [0.2, 0.25) is 0 Å². The standard InChI is InChI=1S/C26H41N5O7/c1-5-15(4)22(28)25(36)30-19(13-16-6-8-17(32)9-7-16)24(35)29-18(10-11-21(27)33)23(34)31-20(26(37)38)12-14(2)3/h6-9,14-15,18-20,22,32H,5,10-13,28H2,1-4H3,(H2,27,33)(H,29,35)(H,30,36)(H,31,34)(H,37,38). The van der Waals surface area contributed by atoms with Gasteiger partial charge < -0.3 is 37.6 Å². The fourth-order valence-electron chi connectivity index (χ4n) is 3.65. The first kappa shape index (κ1) is 32.4. The van der Waals surface area contributed by atoms with E-state index in [9.17, 15) is 34.2 Å². The van der Waals surface area contributed by atoms with Crippen LogP contribution in [-0.4, -0.2) is 64.0 Å². The highest BCUT2D eigenvalue weighted by atomic mass is 16.4. The monoisotopic (exact) mass is 535 g/mol. The molecule has 0 aliphatic heterocycles. The molecule has 0 radical (unpaired) electrons. The third-order valence-electron chi connectivity index (χ3n) is 6.20. The molecular weight excluding hydrogens is 494 g/mol. The summed E-state index contributed by atoms with van der Waals surface area (Å²) in [6, 6.07) is 1.51. The molecule has 5 atom stereocenters. The summed E-state index contributed by atoms with van der Waals surface area (Å²) in [5.41, 5.74) is 11.9. The zero-order chi connectivity index (χ0) is 29.0. The fourth-order valence-corrected chi connectivity index (χ4v) is 3.65. The van der Waals surface area contributed by atoms with E-state index in [1.807, 2.05) is 6.92 Å². The van der Waals surface area contributed by atoms with Crippen LogP contribution in [0.3, 0.4) is 0 Å². The lowest BCUT2D eigenvalue weighted by atomic mass is 9.98. The van der Waals surface area contributed by atoms with Crippen molar-refractivity contribution in [2.75, 3.05) is 0 Å². The van der Waals surface area contributed by atoms with Gasteiger partial charge in [0.15, 0.2) is 0 Å². The maximum Gasteiger partial charge on any atom is 0.326 e. The SMILES string of the molecule is CCC(C)C(N)C(=O)NC(Cc1ccc(O)cc1)C(=O)NC(CCC(N)=O)C(=O)NC(CC(C)C)C(=O)O. The summed E-state index contributed by atoms with van der Waals surface area (Å²) >= 11 is 0. The third-order valence-corrected chi connectivity index (χ3v) is 6.20. The molecule has 4 amide bonds. The number of nitrogens with one attached hydrogen (secondary N) is 3. The van der Waals surface area contributed by atoms with Crippen molar-refractivity contribution in [2.24, 2.45) is 23.3 Å². The van der Waals surface area contributed by atoms with E-state index in [1.165, 1.54) is 12.1 Å². The number of rotatable bonds is 16. The number of carbonyl (C=O) groups excluding carboxylic acids is 4. The lowest BCUT2D eigenvalue weighted by Gasteiger charge is -2.26. The number of carboxylic acid groups (broad SMARTS) is 1. The molecule has 38 heavy (non-hydrogen) atoms. The quantitative estimate of drug-likeness (QED) is 0.154. The van der Waals surface area contributed by atoms with Gasteiger partial charge in [0.1, 0.15) is 23.9 Å². The Morgan fingerprint density at radius 3 is 1.89 bits per heavy atom. The summed E-state index contributed by atoms with van der Waals surface area (Å²) in [6.45, 7) is 7.29. The minimum Gasteiger partial charge on any atom is -0.508 e. The average molecular weight is 536 g/mol. The van der Waals surface area contributed by atoms with Crippen LogP contribution in [0, 0.1) is 11.8 Å². The van der Waals surface area contributed by atoms with E-state index >= 15 is 0 Å². The summed E-state index contributed by atoms with van der Waals surface area (Å²) in [4.78, 5) is 62.2. The number of carbonyl (C=O) groups is 5. The largest absolute Gasteiger partial charge is 0.508 e. The molecule has 0 saturated heterocycles. The molecule has 0 saturated carbocycles. The predicted molar refractivity (Wildman–Crippen MR) is 141 cm³/mol. The van der Waals surface area contributed by atoms with Gasteiger partial charge in [0, 0.05) is 12.8 Å². The molecule has 1 rings (SSSR count). The highest BCUT2D eigenvalue weighted by Gasteiger charge is 2.31. The van der Waals surface area contributed by atoms with Gasteiger partial charge in [-0.15, -0.1) is 0 Å². The number of phenolic OH excluding ortho intramolecular Hbond substituents is 1. The number of amides is 4. The van der Waals surface area contributed by atoms with Gasteiger partial charge in [0.25, 0.3) is 0 Å². The number of aliphatic carboxylic acids is 1. The number of aromatic hydroxyl groups is 1. The molecule has 12 nitrogen and oxygen atoms in total. The van der Waals surface area contributed by atoms with Crippen LogP contribution in [0.15, 0.2) is 24.3 Å². The molecule has 9 N–H and O–H groups in total. The van der Waals surface area contributed by atoms with Crippen LogP contribution in [0.25, 0.3) is 0 Å². The Kier molecular flexibility index (Phi) is 13.2. The summed E-state index contributed by atoms with van der Waals surface area (Å²) in [7, 11) is 0. The van der Waals surface area contributed by atoms with Crippen LogP contribution < -0.4 is 27.4 Å². The second kappa shape index (κ2) is 15.6. The number of primary amides is 1. The normalized spacial score (nSPS) is 15.0. The van der Waals surface area contributed by atoms with Crippen molar-refractivity contribution >= 4 is 29.6 Å². The number of benzene rings is 1. The third kappa shape index (κ3) is 11.2. The highest BCUT2D eigenvalue weighted by Crippen LogP contribution is 2.13. The van der Waals surface area contributed by atoms with E-state index < -0.39 is 53.8 Å². The minimum absolute atomic E-state index is 0.0142. The van der Waals surface area contributed by atoms with Crippen molar-refractivity contribution in [3.05, 3.63) is 29.8 Å². The van der Waals surface area contributed by atoms with Gasteiger partial charge in [-0.3, -0.25) is 19.2 Å². The van der Waals surface area contributed by atoms with Crippen molar-refractivity contribution in [3.63, 3.8) is 0 Å². The summed E-state index contributed by atoms with van der Waals surface area (Å²) in [5, 5.41) is 26.6. The smallest absolute Gasteiger partial charge is 0.326 e. The Hall–Kier alpha value is -3.67. The molecule has 1 aromatic rings. The van der Waals surface area contributed by atoms with Gasteiger partial charge in [0.05, 0.1) is 6.04 Å². The van der Waals surface area contributed by atoms with Gasteiger partial charge in [-0.05, 0) is 42.4 Å². The van der Waals surface area contributed by atoms with Gasteiger partial charge in [-0.2, -0.15) is 0 Å². The van der Waals surface area contributed by atoms with E-state index in [0.29, 0.717) is 12.0 Å². The Morgan fingerprint density at radius 1 is 0.868 bits per heavy atom. The molecule has 0 fully saturated rings. The molecule has 5 unspecified atom stereocenters. The fraction of sp³-hybridized carbons (Fsp3) is 0.577. The summed E-state index contributed by atoms with van der Waals surface area (Å²) < 4.78 is 0. The lowest BCUT2D eigenvalue weighted by molar-refractivity contribution is -0.143. The summed E-state index contributed by atoms with van der Waals surface area (Å²) in [5.74, 6) is -4.19. The van der Waals surface area contributed by atoms with Crippen molar-refractivity contribution < 1.29 is 34.2 Å². The van der Waals surface area contributed by atoms with Gasteiger partial charge in [-0.25, -0.2) is 4.79 Å². The Balaban J connectivity index is 3.19. The Morgan fingerprint density at radius 2 is 1.39 bits per heavy atom. The van der Waals surface area contributed by atoms with Crippen LogP contribution in [0.5, 0.6) is 5.75 Å². The second-order valence-corrected chi connectivity index (χ2v) is 9.94. The van der Waals surface area contributed by atoms with Crippen molar-refractivity contribution in [3.8, 4) is 5.75 Å². The molecule has 0 aromatic heterocycles. The molecule has 0 aliphatic rings. The molecule has 1 aromatic carbocycles. The highest BCUT2D eigenvalue weighted by molar-refractivity contribution is 5.94. The van der Waals surface area contributed by atoms with Crippen LogP contribution in [0.1, 0.15) is 58.9 Å². The predicted octanol–water partition coefficient (Wildman–Crippen LogP) is 0.159. The number of hydrogen-bond donors (Lipinski definition) is 7. The van der Waals surface area contributed by atoms with Crippen molar-refractivity contribution in [2.45, 2.75) is 84.0 Å². The average Bonchev–Trinajstić information content (AvgIpc) is 2.85. The van der Waals surface area contributed by atoms with E-state index in [0.717, 1.165) is 0 Å². The van der Waals surface area contributed by atoms with Gasteiger partial charge in [0.2, 0.25) is 23.6 Å². The molecule has 0 bridgehead atoms.